The molecular formula is C23H28N2OS. The van der Waals surface area contributed by atoms with Crippen LogP contribution in [0, 0.1) is 6.92 Å². The monoisotopic (exact) mass is 380 g/mol. The van der Waals surface area contributed by atoms with Crippen molar-refractivity contribution in [3.8, 4) is 10.6 Å². The van der Waals surface area contributed by atoms with Crippen molar-refractivity contribution >= 4 is 33.1 Å². The van der Waals surface area contributed by atoms with Crippen molar-refractivity contribution in [2.75, 3.05) is 5.32 Å². The zero-order valence-corrected chi connectivity index (χ0v) is 17.1. The number of hydrogen-bond acceptors (Lipinski definition) is 3. The first-order chi connectivity index (χ1) is 13.2. The fraction of sp³-hybridized carbons (Fsp3) is 0.391. The number of aromatic nitrogens is 1. The van der Waals surface area contributed by atoms with Crippen LogP contribution in [0.25, 0.3) is 20.8 Å². The summed E-state index contributed by atoms with van der Waals surface area (Å²) < 4.78 is 1.21. The van der Waals surface area contributed by atoms with E-state index < -0.39 is 0 Å². The van der Waals surface area contributed by atoms with Crippen LogP contribution in [0.3, 0.4) is 0 Å². The number of carbonyl (C=O) groups is 1. The number of rotatable bonds is 9. The van der Waals surface area contributed by atoms with Crippen LogP contribution in [-0.2, 0) is 4.79 Å². The molecule has 27 heavy (non-hydrogen) atoms. The number of benzene rings is 2. The molecule has 0 aliphatic heterocycles. The van der Waals surface area contributed by atoms with Gasteiger partial charge >= 0.3 is 0 Å². The molecule has 0 atom stereocenters. The van der Waals surface area contributed by atoms with E-state index in [4.69, 9.17) is 4.98 Å². The van der Waals surface area contributed by atoms with E-state index in [0.29, 0.717) is 6.42 Å². The van der Waals surface area contributed by atoms with Gasteiger partial charge in [0.2, 0.25) is 5.91 Å². The van der Waals surface area contributed by atoms with Crippen LogP contribution in [0.4, 0.5) is 5.69 Å². The third-order valence-electron chi connectivity index (χ3n) is 4.72. The number of thiazole rings is 1. The minimum atomic E-state index is 0.105. The maximum atomic E-state index is 12.1. The van der Waals surface area contributed by atoms with E-state index >= 15 is 0 Å². The van der Waals surface area contributed by atoms with E-state index in [1.807, 2.05) is 24.3 Å². The Morgan fingerprint density at radius 1 is 1.00 bits per heavy atom. The molecule has 0 spiro atoms. The van der Waals surface area contributed by atoms with Crippen molar-refractivity contribution in [3.05, 3.63) is 48.0 Å². The summed E-state index contributed by atoms with van der Waals surface area (Å²) >= 11 is 1.70. The number of nitrogens with one attached hydrogen (secondary N) is 1. The van der Waals surface area contributed by atoms with E-state index in [0.717, 1.165) is 34.6 Å². The topological polar surface area (TPSA) is 42.0 Å². The maximum absolute atomic E-state index is 12.1. The van der Waals surface area contributed by atoms with Crippen LogP contribution >= 0.6 is 11.3 Å². The van der Waals surface area contributed by atoms with Crippen molar-refractivity contribution in [1.29, 1.82) is 0 Å². The molecule has 4 heteroatoms. The minimum absolute atomic E-state index is 0.105. The third kappa shape index (κ3) is 5.64. The Kier molecular flexibility index (Phi) is 6.99. The average molecular weight is 381 g/mol. The molecule has 0 fully saturated rings. The summed E-state index contributed by atoms with van der Waals surface area (Å²) in [5, 5.41) is 4.02. The largest absolute Gasteiger partial charge is 0.326 e. The minimum Gasteiger partial charge on any atom is -0.326 e. The van der Waals surface area contributed by atoms with Gasteiger partial charge in [-0.25, -0.2) is 4.98 Å². The first-order valence-corrected chi connectivity index (χ1v) is 10.7. The lowest BCUT2D eigenvalue weighted by Gasteiger charge is -2.06. The molecule has 3 aromatic rings. The Morgan fingerprint density at radius 2 is 1.74 bits per heavy atom. The number of aryl methyl sites for hydroxylation is 1. The standard InChI is InChI=1S/C23H28N2OS/c1-3-4-5-6-7-8-9-22(26)24-19-13-11-18(12-14-19)23-25-20-15-10-17(2)16-21(20)27-23/h10-16H,3-9H2,1-2H3,(H,24,26). The van der Waals surface area contributed by atoms with Crippen molar-refractivity contribution in [2.45, 2.75) is 58.8 Å². The van der Waals surface area contributed by atoms with E-state index in [1.54, 1.807) is 11.3 Å². The number of hydrogen-bond donors (Lipinski definition) is 1. The van der Waals surface area contributed by atoms with Gasteiger partial charge in [-0.3, -0.25) is 4.79 Å². The van der Waals surface area contributed by atoms with E-state index in [1.165, 1.54) is 35.9 Å². The number of carbonyl (C=O) groups excluding carboxylic acids is 1. The number of nitrogens with zero attached hydrogens (tertiary/aromatic N) is 1. The molecule has 1 heterocycles. The van der Waals surface area contributed by atoms with Crippen LogP contribution in [0.1, 0.15) is 57.4 Å². The first kappa shape index (κ1) is 19.6. The zero-order valence-electron chi connectivity index (χ0n) is 16.3. The highest BCUT2D eigenvalue weighted by molar-refractivity contribution is 7.21. The smallest absolute Gasteiger partial charge is 0.224 e. The van der Waals surface area contributed by atoms with Crippen LogP contribution < -0.4 is 5.32 Å². The molecule has 3 rings (SSSR count). The van der Waals surface area contributed by atoms with Gasteiger partial charge in [0.25, 0.3) is 0 Å². The Morgan fingerprint density at radius 3 is 2.52 bits per heavy atom. The second-order valence-corrected chi connectivity index (χ2v) is 8.16. The number of fused-ring (bicyclic) bond motifs is 1. The lowest BCUT2D eigenvalue weighted by Crippen LogP contribution is -2.10. The van der Waals surface area contributed by atoms with Gasteiger partial charge in [0.05, 0.1) is 10.2 Å². The van der Waals surface area contributed by atoms with Crippen molar-refractivity contribution in [2.24, 2.45) is 0 Å². The molecular weight excluding hydrogens is 352 g/mol. The predicted octanol–water partition coefficient (Wildman–Crippen LogP) is 6.96. The number of anilines is 1. The molecule has 1 amide bonds. The maximum Gasteiger partial charge on any atom is 0.224 e. The molecule has 142 valence electrons. The molecule has 3 nitrogen and oxygen atoms in total. The van der Waals surface area contributed by atoms with Crippen molar-refractivity contribution in [1.82, 2.24) is 4.98 Å². The summed E-state index contributed by atoms with van der Waals surface area (Å²) in [5.41, 5.74) is 4.23. The second-order valence-electron chi connectivity index (χ2n) is 7.13. The van der Waals surface area contributed by atoms with Gasteiger partial charge in [-0.2, -0.15) is 0 Å². The fourth-order valence-electron chi connectivity index (χ4n) is 3.14. The molecule has 0 saturated heterocycles. The van der Waals surface area contributed by atoms with E-state index in [9.17, 15) is 4.79 Å². The highest BCUT2D eigenvalue weighted by Crippen LogP contribution is 2.31. The summed E-state index contributed by atoms with van der Waals surface area (Å²) in [7, 11) is 0. The normalized spacial score (nSPS) is 11.0. The summed E-state index contributed by atoms with van der Waals surface area (Å²) in [6, 6.07) is 14.3. The van der Waals surface area contributed by atoms with Crippen LogP contribution in [-0.4, -0.2) is 10.9 Å². The van der Waals surface area contributed by atoms with Gasteiger partial charge in [-0.1, -0.05) is 45.1 Å². The highest BCUT2D eigenvalue weighted by atomic mass is 32.1. The quantitative estimate of drug-likeness (QED) is 0.408. The first-order valence-electron chi connectivity index (χ1n) is 9.93. The Balaban J connectivity index is 1.53. The SMILES string of the molecule is CCCCCCCCC(=O)Nc1ccc(-c2nc3ccc(C)cc3s2)cc1. The number of unbranched alkanes of at least 4 members (excludes halogenated alkanes) is 5. The Labute approximate surface area is 165 Å². The molecule has 1 aromatic heterocycles. The lowest BCUT2D eigenvalue weighted by atomic mass is 10.1. The average Bonchev–Trinajstić information content (AvgIpc) is 3.08. The van der Waals surface area contributed by atoms with Crippen molar-refractivity contribution < 1.29 is 4.79 Å². The molecule has 0 aliphatic rings. The summed E-state index contributed by atoms with van der Waals surface area (Å²) in [6.07, 6.45) is 7.79. The van der Waals surface area contributed by atoms with Crippen LogP contribution in [0.15, 0.2) is 42.5 Å². The molecule has 0 aliphatic carbocycles. The van der Waals surface area contributed by atoms with E-state index in [2.05, 4.69) is 37.4 Å². The van der Waals surface area contributed by atoms with Crippen LogP contribution in [0.5, 0.6) is 0 Å². The molecule has 0 radical (unpaired) electrons. The van der Waals surface area contributed by atoms with Crippen LogP contribution in [0.2, 0.25) is 0 Å². The Hall–Kier alpha value is -2.20. The summed E-state index contributed by atoms with van der Waals surface area (Å²) in [5.74, 6) is 0.105. The number of amides is 1. The molecule has 2 aromatic carbocycles. The third-order valence-corrected chi connectivity index (χ3v) is 5.78. The van der Waals surface area contributed by atoms with Crippen molar-refractivity contribution in [3.63, 3.8) is 0 Å². The zero-order chi connectivity index (χ0) is 19.1. The van der Waals surface area contributed by atoms with Gasteiger partial charge in [0.15, 0.2) is 0 Å². The van der Waals surface area contributed by atoms with E-state index in [-0.39, 0.29) is 5.91 Å². The van der Waals surface area contributed by atoms with Gasteiger partial charge < -0.3 is 5.32 Å². The molecule has 0 bridgehead atoms. The van der Waals surface area contributed by atoms with Gasteiger partial charge in [0.1, 0.15) is 5.01 Å². The molecule has 0 unspecified atom stereocenters. The molecule has 0 saturated carbocycles. The summed E-state index contributed by atoms with van der Waals surface area (Å²) in [4.78, 5) is 16.8. The van der Waals surface area contributed by atoms with Gasteiger partial charge in [0, 0.05) is 17.7 Å². The van der Waals surface area contributed by atoms with Gasteiger partial charge in [-0.15, -0.1) is 11.3 Å². The lowest BCUT2D eigenvalue weighted by molar-refractivity contribution is -0.116. The van der Waals surface area contributed by atoms with Gasteiger partial charge in [-0.05, 0) is 55.3 Å². The second kappa shape index (κ2) is 9.65. The highest BCUT2D eigenvalue weighted by Gasteiger charge is 2.07. The molecule has 1 N–H and O–H groups in total. The fourth-order valence-corrected chi connectivity index (χ4v) is 4.21. The predicted molar refractivity (Wildman–Crippen MR) is 116 cm³/mol. The Bertz CT molecular complexity index is 883. The summed E-state index contributed by atoms with van der Waals surface area (Å²) in [6.45, 7) is 4.32.